The van der Waals surface area contributed by atoms with E-state index in [1.807, 2.05) is 54.6 Å². The van der Waals surface area contributed by atoms with Crippen LogP contribution in [-0.4, -0.2) is 60.8 Å². The molecule has 0 aliphatic carbocycles. The number of benzene rings is 3. The summed E-state index contributed by atoms with van der Waals surface area (Å²) in [6.07, 6.45) is -2.11. The molecule has 2 N–H and O–H groups in total. The zero-order chi connectivity index (χ0) is 28.4. The minimum atomic E-state index is -1.06. The summed E-state index contributed by atoms with van der Waals surface area (Å²) >= 11 is 1.44. The molecule has 3 aromatic rings. The molecule has 0 saturated carbocycles. The summed E-state index contributed by atoms with van der Waals surface area (Å²) < 4.78 is 22.1. The first-order chi connectivity index (χ1) is 18.7. The predicted molar refractivity (Wildman–Crippen MR) is 149 cm³/mol. The number of hydrogen-bond acceptors (Lipinski definition) is 9. The van der Waals surface area contributed by atoms with E-state index in [1.165, 1.54) is 25.6 Å². The molecule has 0 fully saturated rings. The van der Waals surface area contributed by atoms with Crippen LogP contribution in [0.4, 0.5) is 0 Å². The minimum Gasteiger partial charge on any atom is -0.490 e. The third-order valence-corrected chi connectivity index (χ3v) is 6.29. The topological polar surface area (TPSA) is 112 Å². The van der Waals surface area contributed by atoms with E-state index in [2.05, 4.69) is 13.2 Å². The summed E-state index contributed by atoms with van der Waals surface area (Å²) in [5.41, 5.74) is 0.483. The van der Waals surface area contributed by atoms with Gasteiger partial charge >= 0.3 is 11.9 Å². The van der Waals surface area contributed by atoms with E-state index in [1.54, 1.807) is 6.07 Å². The lowest BCUT2D eigenvalue weighted by atomic mass is 10.1. The molecule has 0 radical (unpaired) electrons. The second-order valence-corrected chi connectivity index (χ2v) is 9.97. The van der Waals surface area contributed by atoms with E-state index in [9.17, 15) is 19.8 Å². The van der Waals surface area contributed by atoms with Crippen LogP contribution in [0.3, 0.4) is 0 Å². The van der Waals surface area contributed by atoms with Gasteiger partial charge < -0.3 is 29.2 Å². The molecule has 9 heteroatoms. The van der Waals surface area contributed by atoms with E-state index in [0.29, 0.717) is 16.4 Å². The van der Waals surface area contributed by atoms with Crippen LogP contribution in [0, 0.1) is 0 Å². The predicted octanol–water partition coefficient (Wildman–Crippen LogP) is 4.71. The zero-order valence-electron chi connectivity index (χ0n) is 21.9. The van der Waals surface area contributed by atoms with Crippen LogP contribution in [0.1, 0.15) is 13.8 Å². The Morgan fingerprint density at radius 3 is 1.85 bits per heavy atom. The highest BCUT2D eigenvalue weighted by Gasteiger charge is 2.19. The van der Waals surface area contributed by atoms with Gasteiger partial charge in [0.1, 0.15) is 50.1 Å². The van der Waals surface area contributed by atoms with Gasteiger partial charge in [0.15, 0.2) is 0 Å². The van der Waals surface area contributed by atoms with Crippen LogP contribution in [0.15, 0.2) is 94.8 Å². The van der Waals surface area contributed by atoms with Crippen molar-refractivity contribution in [3.63, 3.8) is 0 Å². The van der Waals surface area contributed by atoms with Gasteiger partial charge in [-0.05, 0) is 32.0 Å². The highest BCUT2D eigenvalue weighted by Crippen LogP contribution is 2.44. The average molecular weight is 553 g/mol. The summed E-state index contributed by atoms with van der Waals surface area (Å²) in [5, 5.41) is 22.1. The van der Waals surface area contributed by atoms with Crippen molar-refractivity contribution in [3.05, 3.63) is 85.0 Å². The molecule has 39 heavy (non-hydrogen) atoms. The molecule has 0 saturated heterocycles. The van der Waals surface area contributed by atoms with Crippen LogP contribution in [0.2, 0.25) is 0 Å². The molecule has 0 aliphatic rings. The van der Waals surface area contributed by atoms with Crippen LogP contribution in [0.25, 0.3) is 10.8 Å². The molecular weight excluding hydrogens is 520 g/mol. The number of esters is 2. The molecule has 2 unspecified atom stereocenters. The summed E-state index contributed by atoms with van der Waals surface area (Å²) in [6.45, 7) is 9.40. The quantitative estimate of drug-likeness (QED) is 0.217. The van der Waals surface area contributed by atoms with Gasteiger partial charge in [-0.15, -0.1) is 0 Å². The van der Waals surface area contributed by atoms with Crippen molar-refractivity contribution in [1.29, 1.82) is 0 Å². The molecule has 0 aliphatic heterocycles. The first kappa shape index (κ1) is 29.8. The molecule has 0 spiro atoms. The SMILES string of the molecule is C=C(C)C(=O)OCC(O)COc1cc(Sc2ccccc2)c(OCC(O)COC(=O)C(=C)C)c2ccccc12. The number of aliphatic hydroxyl groups is 2. The number of ether oxygens (including phenoxy) is 4. The molecule has 206 valence electrons. The summed E-state index contributed by atoms with van der Waals surface area (Å²) in [6, 6.07) is 18.9. The fraction of sp³-hybridized carbons (Fsp3) is 0.267. The van der Waals surface area contributed by atoms with Crippen molar-refractivity contribution in [3.8, 4) is 11.5 Å². The number of rotatable bonds is 14. The van der Waals surface area contributed by atoms with E-state index in [4.69, 9.17) is 18.9 Å². The maximum absolute atomic E-state index is 11.7. The third-order valence-electron chi connectivity index (χ3n) is 5.26. The van der Waals surface area contributed by atoms with Crippen LogP contribution in [0.5, 0.6) is 11.5 Å². The average Bonchev–Trinajstić information content (AvgIpc) is 2.93. The van der Waals surface area contributed by atoms with Crippen molar-refractivity contribution in [1.82, 2.24) is 0 Å². The van der Waals surface area contributed by atoms with Crippen molar-refractivity contribution in [2.45, 2.75) is 35.8 Å². The second kappa shape index (κ2) is 14.4. The van der Waals surface area contributed by atoms with Gasteiger partial charge in [0.25, 0.3) is 0 Å². The largest absolute Gasteiger partial charge is 0.490 e. The number of fused-ring (bicyclic) bond motifs is 1. The number of aliphatic hydroxyl groups excluding tert-OH is 2. The molecule has 0 aromatic heterocycles. The summed E-state index contributed by atoms with van der Waals surface area (Å²) in [7, 11) is 0. The Morgan fingerprint density at radius 1 is 0.769 bits per heavy atom. The Bertz CT molecular complexity index is 1320. The molecule has 3 rings (SSSR count). The van der Waals surface area contributed by atoms with Gasteiger partial charge in [0, 0.05) is 26.8 Å². The Kier molecular flexibility index (Phi) is 11.0. The molecule has 0 bridgehead atoms. The van der Waals surface area contributed by atoms with Gasteiger partial charge in [0.05, 0.1) is 4.90 Å². The van der Waals surface area contributed by atoms with Gasteiger partial charge in [-0.1, -0.05) is 67.4 Å². The zero-order valence-corrected chi connectivity index (χ0v) is 22.7. The number of hydrogen-bond donors (Lipinski definition) is 2. The number of carbonyl (C=O) groups is 2. The Balaban J connectivity index is 1.85. The van der Waals surface area contributed by atoms with Gasteiger partial charge in [-0.3, -0.25) is 0 Å². The molecule has 2 atom stereocenters. The molecule has 8 nitrogen and oxygen atoms in total. The van der Waals surface area contributed by atoms with Crippen molar-refractivity contribution >= 4 is 34.5 Å². The first-order valence-corrected chi connectivity index (χ1v) is 13.0. The van der Waals surface area contributed by atoms with Crippen molar-refractivity contribution in [2.24, 2.45) is 0 Å². The van der Waals surface area contributed by atoms with E-state index in [-0.39, 0.29) is 37.6 Å². The number of carbonyl (C=O) groups excluding carboxylic acids is 2. The van der Waals surface area contributed by atoms with Crippen LogP contribution in [-0.2, 0) is 19.1 Å². The normalized spacial score (nSPS) is 12.3. The van der Waals surface area contributed by atoms with Crippen LogP contribution >= 0.6 is 11.8 Å². The van der Waals surface area contributed by atoms with Gasteiger partial charge in [0.2, 0.25) is 0 Å². The molecular formula is C30H32O8S. The highest BCUT2D eigenvalue weighted by atomic mass is 32.2. The smallest absolute Gasteiger partial charge is 0.333 e. The lowest BCUT2D eigenvalue weighted by molar-refractivity contribution is -0.143. The third kappa shape index (κ3) is 8.88. The Hall–Kier alpha value is -3.79. The highest BCUT2D eigenvalue weighted by molar-refractivity contribution is 7.99. The minimum absolute atomic E-state index is 0.115. The molecule has 0 heterocycles. The van der Waals surface area contributed by atoms with E-state index in [0.717, 1.165) is 15.7 Å². The lowest BCUT2D eigenvalue weighted by Gasteiger charge is -2.20. The Morgan fingerprint density at radius 2 is 1.28 bits per heavy atom. The van der Waals surface area contributed by atoms with Gasteiger partial charge in [-0.25, -0.2) is 9.59 Å². The first-order valence-electron chi connectivity index (χ1n) is 12.2. The van der Waals surface area contributed by atoms with Crippen LogP contribution < -0.4 is 9.47 Å². The fourth-order valence-electron chi connectivity index (χ4n) is 3.30. The summed E-state index contributed by atoms with van der Waals surface area (Å²) in [5.74, 6) is -0.150. The van der Waals surface area contributed by atoms with Crippen molar-refractivity contribution in [2.75, 3.05) is 26.4 Å². The Labute approximate surface area is 231 Å². The standard InChI is InChI=1S/C30H32O8S/c1-19(2)29(33)37-17-21(31)15-35-26-14-27(39-23-10-6-5-7-11-23)28(25-13-9-8-12-24(25)26)36-16-22(32)18-38-30(34)20(3)4/h5-14,21-22,31-32H,1,3,15-18H2,2,4H3. The van der Waals surface area contributed by atoms with E-state index >= 15 is 0 Å². The van der Waals surface area contributed by atoms with E-state index < -0.39 is 24.1 Å². The maximum Gasteiger partial charge on any atom is 0.333 e. The van der Waals surface area contributed by atoms with Gasteiger partial charge in [-0.2, -0.15) is 0 Å². The summed E-state index contributed by atoms with van der Waals surface area (Å²) in [4.78, 5) is 25.0. The monoisotopic (exact) mass is 552 g/mol. The second-order valence-electron chi connectivity index (χ2n) is 8.85. The van der Waals surface area contributed by atoms with Crippen molar-refractivity contribution < 1.29 is 38.7 Å². The fourth-order valence-corrected chi connectivity index (χ4v) is 4.28. The molecule has 0 amide bonds. The lowest BCUT2D eigenvalue weighted by Crippen LogP contribution is -2.26. The molecule has 3 aromatic carbocycles. The maximum atomic E-state index is 11.7.